The summed E-state index contributed by atoms with van der Waals surface area (Å²) in [6, 6.07) is 6.33. The predicted octanol–water partition coefficient (Wildman–Crippen LogP) is 1.25. The first-order valence-corrected chi connectivity index (χ1v) is 5.10. The minimum Gasteiger partial charge on any atom is -0.508 e. The SMILES string of the molecule is CN1C=CN(CC(=O)c2ccc(O)cc2)C1. The Bertz CT molecular complexity index is 412. The highest BCUT2D eigenvalue weighted by molar-refractivity contribution is 5.97. The molecule has 0 bridgehead atoms. The lowest BCUT2D eigenvalue weighted by molar-refractivity contribution is 0.0948. The summed E-state index contributed by atoms with van der Waals surface area (Å²) in [5.41, 5.74) is 0.626. The molecule has 1 aliphatic rings. The molecule has 84 valence electrons. The first-order chi connectivity index (χ1) is 7.65. The van der Waals surface area contributed by atoms with Crippen LogP contribution in [0.4, 0.5) is 0 Å². The summed E-state index contributed by atoms with van der Waals surface area (Å²) < 4.78 is 0. The summed E-state index contributed by atoms with van der Waals surface area (Å²) in [5, 5.41) is 9.12. The van der Waals surface area contributed by atoms with Gasteiger partial charge in [0.15, 0.2) is 5.78 Å². The van der Waals surface area contributed by atoms with Crippen LogP contribution in [0.2, 0.25) is 0 Å². The number of aromatic hydroxyl groups is 1. The third-order valence-electron chi connectivity index (χ3n) is 2.47. The summed E-state index contributed by atoms with van der Waals surface area (Å²) in [7, 11) is 1.96. The Morgan fingerprint density at radius 1 is 1.31 bits per heavy atom. The Hall–Kier alpha value is -1.97. The molecule has 0 atom stereocenters. The van der Waals surface area contributed by atoms with Gasteiger partial charge in [-0.2, -0.15) is 0 Å². The van der Waals surface area contributed by atoms with Crippen molar-refractivity contribution >= 4 is 5.78 Å². The Morgan fingerprint density at radius 2 is 2.00 bits per heavy atom. The van der Waals surface area contributed by atoms with Gasteiger partial charge in [-0.3, -0.25) is 4.79 Å². The van der Waals surface area contributed by atoms with Crippen molar-refractivity contribution in [3.63, 3.8) is 0 Å². The van der Waals surface area contributed by atoms with Gasteiger partial charge in [-0.05, 0) is 24.3 Å². The van der Waals surface area contributed by atoms with Gasteiger partial charge in [-0.1, -0.05) is 0 Å². The van der Waals surface area contributed by atoms with E-state index in [4.69, 9.17) is 5.11 Å². The molecule has 1 N–H and O–H groups in total. The zero-order valence-corrected chi connectivity index (χ0v) is 9.13. The van der Waals surface area contributed by atoms with Gasteiger partial charge in [0.05, 0.1) is 13.2 Å². The van der Waals surface area contributed by atoms with Gasteiger partial charge in [0.25, 0.3) is 0 Å². The van der Waals surface area contributed by atoms with Gasteiger partial charge in [0.2, 0.25) is 0 Å². The van der Waals surface area contributed by atoms with Crippen LogP contribution < -0.4 is 0 Å². The van der Waals surface area contributed by atoms with Crippen molar-refractivity contribution in [2.24, 2.45) is 0 Å². The first kappa shape index (κ1) is 10.5. The van der Waals surface area contributed by atoms with Crippen LogP contribution in [0.15, 0.2) is 36.7 Å². The van der Waals surface area contributed by atoms with Gasteiger partial charge in [-0.15, -0.1) is 0 Å². The van der Waals surface area contributed by atoms with Crippen LogP contribution in [0.1, 0.15) is 10.4 Å². The van der Waals surface area contributed by atoms with Crippen molar-refractivity contribution in [1.29, 1.82) is 0 Å². The van der Waals surface area contributed by atoms with Crippen LogP contribution in [0, 0.1) is 0 Å². The lowest BCUT2D eigenvalue weighted by Gasteiger charge is -2.17. The van der Waals surface area contributed by atoms with E-state index in [-0.39, 0.29) is 11.5 Å². The highest BCUT2D eigenvalue weighted by atomic mass is 16.3. The molecule has 4 nitrogen and oxygen atoms in total. The fourth-order valence-corrected chi connectivity index (χ4v) is 1.61. The van der Waals surface area contributed by atoms with E-state index in [0.29, 0.717) is 12.1 Å². The minimum atomic E-state index is 0.0555. The van der Waals surface area contributed by atoms with Gasteiger partial charge in [-0.25, -0.2) is 0 Å². The van der Waals surface area contributed by atoms with E-state index in [0.717, 1.165) is 6.67 Å². The number of hydrogen-bond donors (Lipinski definition) is 1. The number of ketones is 1. The molecular formula is C12H14N2O2. The Balaban J connectivity index is 1.98. The second kappa shape index (κ2) is 4.26. The smallest absolute Gasteiger partial charge is 0.182 e. The van der Waals surface area contributed by atoms with Crippen molar-refractivity contribution in [2.75, 3.05) is 20.3 Å². The average molecular weight is 218 g/mol. The molecule has 16 heavy (non-hydrogen) atoms. The number of nitrogens with zero attached hydrogens (tertiary/aromatic N) is 2. The maximum atomic E-state index is 11.8. The molecule has 0 amide bonds. The summed E-state index contributed by atoms with van der Waals surface area (Å²) in [4.78, 5) is 15.8. The van der Waals surface area contributed by atoms with Crippen molar-refractivity contribution in [3.8, 4) is 5.75 Å². The van der Waals surface area contributed by atoms with E-state index in [9.17, 15) is 4.79 Å². The molecule has 2 rings (SSSR count). The van der Waals surface area contributed by atoms with Crippen LogP contribution in [0.3, 0.4) is 0 Å². The maximum Gasteiger partial charge on any atom is 0.182 e. The molecule has 0 radical (unpaired) electrons. The fraction of sp³-hybridized carbons (Fsp3) is 0.250. The lowest BCUT2D eigenvalue weighted by atomic mass is 10.1. The Morgan fingerprint density at radius 3 is 2.56 bits per heavy atom. The maximum absolute atomic E-state index is 11.8. The summed E-state index contributed by atoms with van der Waals surface area (Å²) in [5.74, 6) is 0.234. The van der Waals surface area contributed by atoms with E-state index in [1.54, 1.807) is 12.1 Å². The molecule has 0 unspecified atom stereocenters. The average Bonchev–Trinajstić information content (AvgIpc) is 2.65. The summed E-state index contributed by atoms with van der Waals surface area (Å²) >= 11 is 0. The molecule has 0 fully saturated rings. The van der Waals surface area contributed by atoms with E-state index >= 15 is 0 Å². The zero-order chi connectivity index (χ0) is 11.5. The minimum absolute atomic E-state index is 0.0555. The molecular weight excluding hydrogens is 204 g/mol. The van der Waals surface area contributed by atoms with E-state index < -0.39 is 0 Å². The van der Waals surface area contributed by atoms with Crippen LogP contribution in [0.5, 0.6) is 5.75 Å². The molecule has 4 heteroatoms. The Labute approximate surface area is 94.4 Å². The second-order valence-electron chi connectivity index (χ2n) is 3.91. The number of carbonyl (C=O) groups is 1. The second-order valence-corrected chi connectivity index (χ2v) is 3.91. The number of phenols is 1. The molecule has 0 saturated heterocycles. The van der Waals surface area contributed by atoms with Crippen LogP contribution in [-0.4, -0.2) is 41.0 Å². The normalized spacial score (nSPS) is 14.6. The predicted molar refractivity (Wildman–Crippen MR) is 60.9 cm³/mol. The third kappa shape index (κ3) is 2.34. The van der Waals surface area contributed by atoms with E-state index in [1.165, 1.54) is 12.1 Å². The summed E-state index contributed by atoms with van der Waals surface area (Å²) in [6.07, 6.45) is 3.84. The number of phenolic OH excluding ortho intramolecular Hbond substituents is 1. The lowest BCUT2D eigenvalue weighted by Crippen LogP contribution is -2.27. The van der Waals surface area contributed by atoms with E-state index in [2.05, 4.69) is 0 Å². The van der Waals surface area contributed by atoms with Crippen molar-refractivity contribution in [2.45, 2.75) is 0 Å². The highest BCUT2D eigenvalue weighted by Crippen LogP contribution is 2.11. The third-order valence-corrected chi connectivity index (χ3v) is 2.47. The van der Waals surface area contributed by atoms with Crippen LogP contribution in [-0.2, 0) is 0 Å². The number of hydrogen-bond acceptors (Lipinski definition) is 4. The number of Topliss-reactive ketones (excluding diaryl/α,β-unsaturated/α-hetero) is 1. The molecule has 1 aliphatic heterocycles. The molecule has 0 spiro atoms. The largest absolute Gasteiger partial charge is 0.508 e. The molecule has 1 heterocycles. The van der Waals surface area contributed by atoms with Gasteiger partial charge in [0, 0.05) is 25.0 Å². The molecule has 1 aromatic rings. The molecule has 0 aromatic heterocycles. The Kier molecular flexibility index (Phi) is 2.81. The molecule has 0 aliphatic carbocycles. The van der Waals surface area contributed by atoms with Crippen molar-refractivity contribution < 1.29 is 9.90 Å². The highest BCUT2D eigenvalue weighted by Gasteiger charge is 2.13. The zero-order valence-electron chi connectivity index (χ0n) is 9.13. The quantitative estimate of drug-likeness (QED) is 0.775. The fourth-order valence-electron chi connectivity index (χ4n) is 1.61. The summed E-state index contributed by atoms with van der Waals surface area (Å²) in [6.45, 7) is 1.11. The molecule has 0 saturated carbocycles. The van der Waals surface area contributed by atoms with Crippen molar-refractivity contribution in [1.82, 2.24) is 9.80 Å². The topological polar surface area (TPSA) is 43.8 Å². The monoisotopic (exact) mass is 218 g/mol. The number of benzene rings is 1. The number of carbonyl (C=O) groups excluding carboxylic acids is 1. The van der Waals surface area contributed by atoms with Crippen molar-refractivity contribution in [3.05, 3.63) is 42.2 Å². The number of rotatable bonds is 3. The van der Waals surface area contributed by atoms with Crippen LogP contribution >= 0.6 is 0 Å². The van der Waals surface area contributed by atoms with Gasteiger partial charge >= 0.3 is 0 Å². The molecule has 1 aromatic carbocycles. The van der Waals surface area contributed by atoms with Gasteiger partial charge < -0.3 is 14.9 Å². The first-order valence-electron chi connectivity index (χ1n) is 5.10. The standard InChI is InChI=1S/C12H14N2O2/c1-13-6-7-14(9-13)8-12(16)10-2-4-11(15)5-3-10/h2-7,15H,8-9H2,1H3. The van der Waals surface area contributed by atoms with Gasteiger partial charge in [0.1, 0.15) is 5.75 Å². The van der Waals surface area contributed by atoms with Crippen LogP contribution in [0.25, 0.3) is 0 Å². The van der Waals surface area contributed by atoms with E-state index in [1.807, 2.05) is 29.2 Å².